The molecule has 2 aromatic rings. The lowest BCUT2D eigenvalue weighted by molar-refractivity contribution is 0.663. The molecular formula is C13H16N4S. The third kappa shape index (κ3) is 1.75. The molecule has 0 bridgehead atoms. The highest BCUT2D eigenvalue weighted by Crippen LogP contribution is 2.33. The van der Waals surface area contributed by atoms with Crippen LogP contribution in [0.1, 0.15) is 18.9 Å². The molecule has 0 radical (unpaired) electrons. The van der Waals surface area contributed by atoms with E-state index in [2.05, 4.69) is 50.9 Å². The van der Waals surface area contributed by atoms with Crippen LogP contribution in [0.15, 0.2) is 24.3 Å². The molecule has 3 rings (SSSR count). The molecule has 5 heteroatoms. The molecule has 1 aliphatic heterocycles. The zero-order valence-corrected chi connectivity index (χ0v) is 11.2. The molecule has 1 aliphatic rings. The van der Waals surface area contributed by atoms with Gasteiger partial charge in [-0.3, -0.25) is 4.57 Å². The van der Waals surface area contributed by atoms with Gasteiger partial charge in [0.15, 0.2) is 4.77 Å². The van der Waals surface area contributed by atoms with Gasteiger partial charge in [0.05, 0.1) is 0 Å². The summed E-state index contributed by atoms with van der Waals surface area (Å²) in [6.07, 6.45) is 2.12. The van der Waals surface area contributed by atoms with Gasteiger partial charge in [-0.05, 0) is 36.7 Å². The minimum absolute atomic E-state index is 0.705. The van der Waals surface area contributed by atoms with E-state index >= 15 is 0 Å². The van der Waals surface area contributed by atoms with Crippen molar-refractivity contribution in [2.24, 2.45) is 0 Å². The average Bonchev–Trinajstić information content (AvgIpc) is 2.95. The van der Waals surface area contributed by atoms with E-state index in [9.17, 15) is 0 Å². The number of anilines is 2. The predicted octanol–water partition coefficient (Wildman–Crippen LogP) is 3.04. The van der Waals surface area contributed by atoms with Crippen LogP contribution < -0.4 is 4.90 Å². The molecule has 0 amide bonds. The number of para-hydroxylation sites is 1. The zero-order chi connectivity index (χ0) is 12.5. The lowest BCUT2D eigenvalue weighted by atomic mass is 10.2. The number of hydrogen-bond donors (Lipinski definition) is 1. The van der Waals surface area contributed by atoms with Crippen LogP contribution >= 0.6 is 12.2 Å². The van der Waals surface area contributed by atoms with E-state index in [1.54, 1.807) is 0 Å². The summed E-state index contributed by atoms with van der Waals surface area (Å²) in [5, 5.41) is 7.29. The molecule has 0 fully saturated rings. The van der Waals surface area contributed by atoms with Crippen LogP contribution in [0, 0.1) is 4.77 Å². The highest BCUT2D eigenvalue weighted by Gasteiger charge is 2.23. The highest BCUT2D eigenvalue weighted by atomic mass is 32.1. The van der Waals surface area contributed by atoms with E-state index < -0.39 is 0 Å². The van der Waals surface area contributed by atoms with Gasteiger partial charge in [-0.15, -0.1) is 5.10 Å². The third-order valence-corrected chi connectivity index (χ3v) is 3.63. The number of rotatable bonds is 3. The fourth-order valence-electron chi connectivity index (χ4n) is 2.49. The number of H-pyrrole nitrogens is 1. The summed E-state index contributed by atoms with van der Waals surface area (Å²) >= 11 is 5.29. The van der Waals surface area contributed by atoms with E-state index in [1.807, 2.05) is 0 Å². The van der Waals surface area contributed by atoms with Gasteiger partial charge in [-0.1, -0.05) is 25.1 Å². The molecule has 1 N–H and O–H groups in total. The second-order valence-corrected chi connectivity index (χ2v) is 4.90. The van der Waals surface area contributed by atoms with Crippen molar-refractivity contribution in [1.29, 1.82) is 0 Å². The molecule has 0 spiro atoms. The largest absolute Gasteiger partial charge is 0.310 e. The molecule has 1 aromatic heterocycles. The fraction of sp³-hybridized carbons (Fsp3) is 0.385. The van der Waals surface area contributed by atoms with Crippen molar-refractivity contribution in [3.63, 3.8) is 0 Å². The maximum atomic E-state index is 5.29. The van der Waals surface area contributed by atoms with E-state index in [0.29, 0.717) is 4.77 Å². The number of benzene rings is 1. The van der Waals surface area contributed by atoms with Crippen LogP contribution in [0.2, 0.25) is 0 Å². The number of hydrogen-bond acceptors (Lipinski definition) is 3. The second-order valence-electron chi connectivity index (χ2n) is 4.51. The summed E-state index contributed by atoms with van der Waals surface area (Å²) in [6.45, 7) is 4.03. The van der Waals surface area contributed by atoms with Gasteiger partial charge in [0.2, 0.25) is 5.95 Å². The Morgan fingerprint density at radius 2 is 2.22 bits per heavy atom. The van der Waals surface area contributed by atoms with E-state index in [0.717, 1.165) is 31.9 Å². The van der Waals surface area contributed by atoms with Crippen molar-refractivity contribution in [3.05, 3.63) is 34.6 Å². The van der Waals surface area contributed by atoms with Gasteiger partial charge < -0.3 is 4.90 Å². The third-order valence-electron chi connectivity index (χ3n) is 3.31. The van der Waals surface area contributed by atoms with Crippen molar-refractivity contribution in [1.82, 2.24) is 14.8 Å². The Kier molecular flexibility index (Phi) is 2.91. The van der Waals surface area contributed by atoms with Gasteiger partial charge in [0.25, 0.3) is 0 Å². The Balaban J connectivity index is 2.05. The first-order valence-corrected chi connectivity index (χ1v) is 6.72. The molecule has 0 aliphatic carbocycles. The first-order chi connectivity index (χ1) is 8.81. The Labute approximate surface area is 111 Å². The van der Waals surface area contributed by atoms with Crippen molar-refractivity contribution in [3.8, 4) is 0 Å². The quantitative estimate of drug-likeness (QED) is 0.862. The number of nitrogens with zero attached hydrogens (tertiary/aromatic N) is 3. The molecular weight excluding hydrogens is 244 g/mol. The van der Waals surface area contributed by atoms with E-state index in [1.165, 1.54) is 11.3 Å². The lowest BCUT2D eigenvalue weighted by Gasteiger charge is -2.18. The van der Waals surface area contributed by atoms with E-state index in [4.69, 9.17) is 12.2 Å². The molecule has 4 nitrogen and oxygen atoms in total. The Hall–Kier alpha value is -1.62. The summed E-state index contributed by atoms with van der Waals surface area (Å²) in [5.74, 6) is 0.937. The maximum absolute atomic E-state index is 5.29. The van der Waals surface area contributed by atoms with Crippen LogP contribution in [0.25, 0.3) is 0 Å². The van der Waals surface area contributed by atoms with Crippen LogP contribution in [0.5, 0.6) is 0 Å². The maximum Gasteiger partial charge on any atom is 0.230 e. The van der Waals surface area contributed by atoms with Crippen molar-refractivity contribution in [2.45, 2.75) is 26.3 Å². The molecule has 94 valence electrons. The first-order valence-electron chi connectivity index (χ1n) is 6.32. The molecule has 1 aromatic carbocycles. The molecule has 18 heavy (non-hydrogen) atoms. The topological polar surface area (TPSA) is 36.9 Å². The monoisotopic (exact) mass is 260 g/mol. The highest BCUT2D eigenvalue weighted by molar-refractivity contribution is 7.71. The molecule has 0 unspecified atom stereocenters. The van der Waals surface area contributed by atoms with Gasteiger partial charge in [0.1, 0.15) is 0 Å². The number of fused-ring (bicyclic) bond motifs is 1. The minimum atomic E-state index is 0.705. The molecule has 0 saturated carbocycles. The van der Waals surface area contributed by atoms with Crippen molar-refractivity contribution < 1.29 is 0 Å². The lowest BCUT2D eigenvalue weighted by Crippen LogP contribution is -2.18. The van der Waals surface area contributed by atoms with Gasteiger partial charge in [0, 0.05) is 18.8 Å². The molecule has 0 atom stereocenters. The predicted molar refractivity (Wildman–Crippen MR) is 74.9 cm³/mol. The smallest absolute Gasteiger partial charge is 0.230 e. The average molecular weight is 260 g/mol. The van der Waals surface area contributed by atoms with Crippen molar-refractivity contribution in [2.75, 3.05) is 11.4 Å². The van der Waals surface area contributed by atoms with Crippen LogP contribution in [0.3, 0.4) is 0 Å². The Bertz CT molecular complexity index is 613. The zero-order valence-electron chi connectivity index (χ0n) is 10.4. The normalized spacial score (nSPS) is 13.9. The summed E-state index contributed by atoms with van der Waals surface area (Å²) < 4.78 is 2.79. The van der Waals surface area contributed by atoms with Gasteiger partial charge in [-0.2, -0.15) is 0 Å². The standard InChI is InChI=1S/C13H16N4S/c1-2-8-17-12(14-15-13(17)18)16-9-7-10-5-3-4-6-11(10)16/h3-6H,2,7-9H2,1H3,(H,15,18). The minimum Gasteiger partial charge on any atom is -0.310 e. The van der Waals surface area contributed by atoms with E-state index in [-0.39, 0.29) is 0 Å². The summed E-state index contributed by atoms with van der Waals surface area (Å²) in [4.78, 5) is 2.25. The van der Waals surface area contributed by atoms with Crippen molar-refractivity contribution >= 4 is 23.9 Å². The SMILES string of the molecule is CCCn1c(N2CCc3ccccc32)n[nH]c1=S. The molecule has 0 saturated heterocycles. The summed E-state index contributed by atoms with van der Waals surface area (Å²) in [7, 11) is 0. The Morgan fingerprint density at radius 3 is 3.06 bits per heavy atom. The summed E-state index contributed by atoms with van der Waals surface area (Å²) in [5.41, 5.74) is 2.64. The molecule has 2 heterocycles. The number of nitrogens with one attached hydrogen (secondary N) is 1. The van der Waals surface area contributed by atoms with Gasteiger partial charge >= 0.3 is 0 Å². The van der Waals surface area contributed by atoms with Crippen LogP contribution in [-0.4, -0.2) is 21.3 Å². The van der Waals surface area contributed by atoms with Crippen LogP contribution in [-0.2, 0) is 13.0 Å². The Morgan fingerprint density at radius 1 is 1.39 bits per heavy atom. The van der Waals surface area contributed by atoms with Gasteiger partial charge in [-0.25, -0.2) is 5.10 Å². The fourth-order valence-corrected chi connectivity index (χ4v) is 2.71. The van der Waals surface area contributed by atoms with Crippen LogP contribution in [0.4, 0.5) is 11.6 Å². The first kappa shape index (κ1) is 11.5. The number of aromatic nitrogens is 3. The summed E-state index contributed by atoms with van der Waals surface area (Å²) in [6, 6.07) is 8.49. The number of aromatic amines is 1. The second kappa shape index (κ2) is 4.57.